The van der Waals surface area contributed by atoms with E-state index in [4.69, 9.17) is 5.73 Å². The molecule has 2 aromatic carbocycles. The topological polar surface area (TPSA) is 154 Å². The summed E-state index contributed by atoms with van der Waals surface area (Å²) in [6.07, 6.45) is -1.44. The van der Waals surface area contributed by atoms with E-state index in [1.54, 1.807) is 6.92 Å². The highest BCUT2D eigenvalue weighted by atomic mass is 31.2. The molecule has 0 radical (unpaired) electrons. The van der Waals surface area contributed by atoms with Gasteiger partial charge in [0.25, 0.3) is 0 Å². The second-order valence-electron chi connectivity index (χ2n) is 8.04. The third kappa shape index (κ3) is 8.83. The minimum atomic E-state index is -3.85. The molecule has 190 valence electrons. The van der Waals surface area contributed by atoms with Crippen molar-refractivity contribution >= 4 is 25.4 Å². The third-order valence-corrected chi connectivity index (χ3v) is 7.44. The predicted octanol–water partition coefficient (Wildman–Crippen LogP) is 3.22. The van der Waals surface area contributed by atoms with Gasteiger partial charge >= 0.3 is 12.1 Å². The van der Waals surface area contributed by atoms with Crippen molar-refractivity contribution in [3.8, 4) is 11.1 Å². The van der Waals surface area contributed by atoms with E-state index < -0.39 is 43.1 Å². The van der Waals surface area contributed by atoms with Gasteiger partial charge in [-0.25, -0.2) is 14.6 Å². The lowest BCUT2D eigenvalue weighted by Gasteiger charge is -2.23. The lowest BCUT2D eigenvalue weighted by molar-refractivity contribution is -0.244. The summed E-state index contributed by atoms with van der Waals surface area (Å²) >= 11 is 0. The second-order valence-corrected chi connectivity index (χ2v) is 10.7. The van der Waals surface area contributed by atoms with E-state index in [9.17, 15) is 23.8 Å². The van der Waals surface area contributed by atoms with E-state index in [1.165, 1.54) is 13.8 Å². The first-order chi connectivity index (χ1) is 16.5. The van der Waals surface area contributed by atoms with E-state index in [0.717, 1.165) is 16.7 Å². The van der Waals surface area contributed by atoms with Crippen molar-refractivity contribution in [2.75, 3.05) is 12.8 Å². The molecule has 0 saturated heterocycles. The van der Waals surface area contributed by atoms with Gasteiger partial charge in [-0.2, -0.15) is 4.79 Å². The van der Waals surface area contributed by atoms with E-state index in [0.29, 0.717) is 0 Å². The zero-order valence-corrected chi connectivity index (χ0v) is 20.8. The van der Waals surface area contributed by atoms with Gasteiger partial charge in [-0.1, -0.05) is 54.6 Å². The second kappa shape index (κ2) is 13.0. The van der Waals surface area contributed by atoms with Crippen LogP contribution in [0.5, 0.6) is 0 Å². The molecule has 2 rings (SSSR count). The maximum Gasteiger partial charge on any atom is 0.549 e. The number of benzene rings is 2. The largest absolute Gasteiger partial charge is 0.549 e. The van der Waals surface area contributed by atoms with Gasteiger partial charge in [-0.3, -0.25) is 9.36 Å². The molecule has 0 aliphatic heterocycles. The Morgan fingerprint density at radius 3 is 2.17 bits per heavy atom. The molecule has 0 aliphatic carbocycles. The Bertz CT molecular complexity index is 1040. The Kier molecular flexibility index (Phi) is 10.4. The third-order valence-electron chi connectivity index (χ3n) is 5.20. The number of hydrogen-bond acceptors (Lipinski definition) is 8. The number of carbonyl (C=O) groups excluding carboxylic acids is 3. The quantitative estimate of drug-likeness (QED) is 0.191. The minimum Gasteiger partial charge on any atom is -0.432 e. The highest BCUT2D eigenvalue weighted by Crippen LogP contribution is 2.46. The summed E-state index contributed by atoms with van der Waals surface area (Å²) in [5, 5.41) is 2.44. The fraction of sp³-hybridized carbons (Fsp3) is 0.375. The summed E-state index contributed by atoms with van der Waals surface area (Å²) < 4.78 is 17.1. The molecule has 11 heteroatoms. The molecule has 0 aromatic heterocycles. The van der Waals surface area contributed by atoms with Crippen molar-refractivity contribution in [1.82, 2.24) is 5.32 Å². The summed E-state index contributed by atoms with van der Waals surface area (Å²) in [5.41, 5.74) is 8.43. The number of rotatable bonds is 10. The lowest BCUT2D eigenvalue weighted by atomic mass is 9.97. The summed E-state index contributed by atoms with van der Waals surface area (Å²) in [7, 11) is -3.85. The van der Waals surface area contributed by atoms with E-state index >= 15 is 0 Å². The zero-order valence-electron chi connectivity index (χ0n) is 19.9. The van der Waals surface area contributed by atoms with Gasteiger partial charge in [-0.15, -0.1) is 0 Å². The first-order valence-electron chi connectivity index (χ1n) is 11.1. The summed E-state index contributed by atoms with van der Waals surface area (Å²) in [6.45, 7) is 4.29. The Hall–Kier alpha value is -3.20. The van der Waals surface area contributed by atoms with Crippen molar-refractivity contribution in [3.05, 3.63) is 60.2 Å². The SMILES string of the molecule is CCOC(=O)OOC(=O)C(C)NC(=O)C(Cc1ccc(-c2ccccc2)cc1)CP(=O)(O)C(C)N. The summed E-state index contributed by atoms with van der Waals surface area (Å²) in [4.78, 5) is 55.0. The maximum atomic E-state index is 13.0. The number of amides is 1. The minimum absolute atomic E-state index is 0.0253. The molecule has 0 spiro atoms. The van der Waals surface area contributed by atoms with Crippen LogP contribution in [0.3, 0.4) is 0 Å². The van der Waals surface area contributed by atoms with Crippen LogP contribution in [0.4, 0.5) is 4.79 Å². The fourth-order valence-electron chi connectivity index (χ4n) is 3.15. The van der Waals surface area contributed by atoms with Gasteiger partial charge in [-0.05, 0) is 43.9 Å². The van der Waals surface area contributed by atoms with Crippen LogP contribution in [0.15, 0.2) is 54.6 Å². The molecule has 0 saturated carbocycles. The monoisotopic (exact) mass is 506 g/mol. The molecule has 10 nitrogen and oxygen atoms in total. The van der Waals surface area contributed by atoms with E-state index in [-0.39, 0.29) is 19.2 Å². The van der Waals surface area contributed by atoms with E-state index in [1.807, 2.05) is 54.6 Å². The summed E-state index contributed by atoms with van der Waals surface area (Å²) in [6, 6.07) is 16.0. The van der Waals surface area contributed by atoms with Crippen LogP contribution in [0.25, 0.3) is 11.1 Å². The molecule has 4 atom stereocenters. The van der Waals surface area contributed by atoms with Crippen molar-refractivity contribution in [1.29, 1.82) is 0 Å². The summed E-state index contributed by atoms with van der Waals surface area (Å²) in [5.74, 6) is -3.68. The number of nitrogens with one attached hydrogen (secondary N) is 1. The number of hydrogen-bond donors (Lipinski definition) is 3. The zero-order chi connectivity index (χ0) is 26.0. The molecule has 0 aliphatic rings. The first-order valence-corrected chi connectivity index (χ1v) is 13.0. The molecule has 0 heterocycles. The first kappa shape index (κ1) is 28.0. The Labute approximate surface area is 204 Å². The van der Waals surface area contributed by atoms with Gasteiger partial charge in [0.05, 0.1) is 18.3 Å². The van der Waals surface area contributed by atoms with Gasteiger partial charge < -0.3 is 20.7 Å². The van der Waals surface area contributed by atoms with Gasteiger partial charge in [0.2, 0.25) is 13.3 Å². The smallest absolute Gasteiger partial charge is 0.432 e. The lowest BCUT2D eigenvalue weighted by Crippen LogP contribution is -2.44. The van der Waals surface area contributed by atoms with Crippen LogP contribution in [-0.4, -0.2) is 47.5 Å². The molecule has 2 aromatic rings. The molecule has 4 N–H and O–H groups in total. The highest BCUT2D eigenvalue weighted by molar-refractivity contribution is 7.58. The van der Waals surface area contributed by atoms with E-state index in [2.05, 4.69) is 19.8 Å². The van der Waals surface area contributed by atoms with Gasteiger partial charge in [0, 0.05) is 6.16 Å². The molecule has 0 fully saturated rings. The number of carbonyl (C=O) groups is 3. The van der Waals surface area contributed by atoms with Gasteiger partial charge in [0.15, 0.2) is 0 Å². The number of ether oxygens (including phenoxy) is 1. The average molecular weight is 506 g/mol. The van der Waals surface area contributed by atoms with Crippen molar-refractivity contribution in [2.45, 2.75) is 39.0 Å². The van der Waals surface area contributed by atoms with Crippen molar-refractivity contribution < 1.29 is 38.4 Å². The highest BCUT2D eigenvalue weighted by Gasteiger charge is 2.33. The van der Waals surface area contributed by atoms with Crippen LogP contribution < -0.4 is 11.1 Å². The molecule has 1 amide bonds. The van der Waals surface area contributed by atoms with Crippen LogP contribution in [0.1, 0.15) is 26.3 Å². The number of nitrogens with two attached hydrogens (primary N) is 1. The molecule has 0 bridgehead atoms. The van der Waals surface area contributed by atoms with Crippen LogP contribution in [0, 0.1) is 5.92 Å². The average Bonchev–Trinajstić information content (AvgIpc) is 2.83. The normalized spacial score (nSPS) is 15.1. The van der Waals surface area contributed by atoms with Crippen LogP contribution in [0.2, 0.25) is 0 Å². The van der Waals surface area contributed by atoms with Crippen molar-refractivity contribution in [2.24, 2.45) is 11.7 Å². The molecule has 35 heavy (non-hydrogen) atoms. The Morgan fingerprint density at radius 1 is 1.00 bits per heavy atom. The molecule has 4 unspecified atom stereocenters. The Morgan fingerprint density at radius 2 is 1.60 bits per heavy atom. The Balaban J connectivity index is 2.12. The van der Waals surface area contributed by atoms with Crippen LogP contribution >= 0.6 is 7.37 Å². The van der Waals surface area contributed by atoms with Gasteiger partial charge in [0.1, 0.15) is 6.04 Å². The predicted molar refractivity (Wildman–Crippen MR) is 129 cm³/mol. The maximum absolute atomic E-state index is 13.0. The fourth-order valence-corrected chi connectivity index (χ4v) is 4.41. The molecular weight excluding hydrogens is 475 g/mol. The van der Waals surface area contributed by atoms with Crippen molar-refractivity contribution in [3.63, 3.8) is 0 Å². The van der Waals surface area contributed by atoms with Crippen LogP contribution in [-0.2, 0) is 35.1 Å². The molecular formula is C24H31N2O8P. The standard InChI is InChI=1S/C24H31N2O8P/c1-4-32-24(29)34-33-23(28)16(2)26-22(27)21(15-35(30,31)17(3)25)14-18-10-12-20(13-11-18)19-8-6-5-7-9-19/h5-13,16-17,21H,4,14-15,25H2,1-3H3,(H,26,27)(H,30,31).